The molecule has 0 aromatic carbocycles. The number of rotatable bonds is 3. The van der Waals surface area contributed by atoms with Crippen LogP contribution in [0.15, 0.2) is 4.99 Å². The average molecular weight is 196 g/mol. The zero-order chi connectivity index (χ0) is 10.6. The van der Waals surface area contributed by atoms with Gasteiger partial charge in [-0.15, -0.1) is 0 Å². The fraction of sp³-hybridized carbons (Fsp3) is 0.917. The summed E-state index contributed by atoms with van der Waals surface area (Å²) in [4.78, 5) is 4.65. The smallest absolute Gasteiger partial charge is 0.0940 e. The first-order chi connectivity index (χ1) is 6.65. The summed E-state index contributed by atoms with van der Waals surface area (Å²) in [5.74, 6) is 2.38. The minimum absolute atomic E-state index is 0.491. The van der Waals surface area contributed by atoms with Gasteiger partial charge in [0.25, 0.3) is 0 Å². The quantitative estimate of drug-likeness (QED) is 0.547. The maximum atomic E-state index is 5.87. The van der Waals surface area contributed by atoms with Gasteiger partial charge in [0, 0.05) is 6.42 Å². The van der Waals surface area contributed by atoms with E-state index in [1.807, 2.05) is 0 Å². The lowest BCUT2D eigenvalue weighted by atomic mass is 9.78. The molecular weight excluding hydrogens is 172 g/mol. The molecule has 0 aromatic heterocycles. The number of aliphatic imine (C=N–C) groups is 1. The topological polar surface area (TPSA) is 38.4 Å². The van der Waals surface area contributed by atoms with Crippen LogP contribution in [0.25, 0.3) is 0 Å². The van der Waals surface area contributed by atoms with Crippen molar-refractivity contribution in [3.05, 3.63) is 0 Å². The van der Waals surface area contributed by atoms with Gasteiger partial charge in [-0.1, -0.05) is 33.6 Å². The SMILES string of the molecule is CCCC(N)=NC1CCCC(C)C1C. The predicted molar refractivity (Wildman–Crippen MR) is 62.5 cm³/mol. The van der Waals surface area contributed by atoms with E-state index in [2.05, 4.69) is 25.8 Å². The molecule has 3 unspecified atom stereocenters. The monoisotopic (exact) mass is 196 g/mol. The third-order valence-electron chi connectivity index (χ3n) is 3.50. The molecule has 0 spiro atoms. The first-order valence-electron chi connectivity index (χ1n) is 5.97. The molecule has 2 heteroatoms. The van der Waals surface area contributed by atoms with Crippen molar-refractivity contribution in [2.75, 3.05) is 0 Å². The first-order valence-corrected chi connectivity index (χ1v) is 5.97. The standard InChI is InChI=1S/C12H24N2/c1-4-6-12(13)14-11-8-5-7-9(2)10(11)3/h9-11H,4-8H2,1-3H3,(H2,13,14). The third kappa shape index (κ3) is 3.00. The lowest BCUT2D eigenvalue weighted by Gasteiger charge is -2.31. The fourth-order valence-corrected chi connectivity index (χ4v) is 2.27. The summed E-state index contributed by atoms with van der Waals surface area (Å²) in [6.45, 7) is 6.80. The highest BCUT2D eigenvalue weighted by molar-refractivity contribution is 5.80. The van der Waals surface area contributed by atoms with Gasteiger partial charge in [0.1, 0.15) is 0 Å². The molecule has 1 aliphatic rings. The van der Waals surface area contributed by atoms with Crippen molar-refractivity contribution in [2.24, 2.45) is 22.6 Å². The summed E-state index contributed by atoms with van der Waals surface area (Å²) >= 11 is 0. The normalized spacial score (nSPS) is 34.5. The highest BCUT2D eigenvalue weighted by Crippen LogP contribution is 2.31. The average Bonchev–Trinajstić information content (AvgIpc) is 2.13. The maximum Gasteiger partial charge on any atom is 0.0940 e. The van der Waals surface area contributed by atoms with Gasteiger partial charge in [-0.25, -0.2) is 0 Å². The zero-order valence-corrected chi connectivity index (χ0v) is 9.79. The Morgan fingerprint density at radius 1 is 1.36 bits per heavy atom. The van der Waals surface area contributed by atoms with E-state index in [4.69, 9.17) is 5.73 Å². The van der Waals surface area contributed by atoms with Gasteiger partial charge in [0.05, 0.1) is 11.9 Å². The minimum Gasteiger partial charge on any atom is -0.387 e. The van der Waals surface area contributed by atoms with Crippen LogP contribution in [-0.2, 0) is 0 Å². The van der Waals surface area contributed by atoms with E-state index in [9.17, 15) is 0 Å². The van der Waals surface area contributed by atoms with Crippen molar-refractivity contribution in [3.8, 4) is 0 Å². The van der Waals surface area contributed by atoms with Crippen molar-refractivity contribution in [1.82, 2.24) is 0 Å². The second-order valence-corrected chi connectivity index (χ2v) is 4.71. The van der Waals surface area contributed by atoms with Gasteiger partial charge in [0.2, 0.25) is 0 Å². The lowest BCUT2D eigenvalue weighted by Crippen LogP contribution is -2.29. The molecule has 0 aliphatic heterocycles. The van der Waals surface area contributed by atoms with Crippen LogP contribution in [-0.4, -0.2) is 11.9 Å². The van der Waals surface area contributed by atoms with Crippen molar-refractivity contribution in [3.63, 3.8) is 0 Å². The van der Waals surface area contributed by atoms with Crippen LogP contribution in [0.4, 0.5) is 0 Å². The van der Waals surface area contributed by atoms with Gasteiger partial charge in [-0.05, 0) is 24.7 Å². The van der Waals surface area contributed by atoms with E-state index < -0.39 is 0 Å². The van der Waals surface area contributed by atoms with Crippen LogP contribution >= 0.6 is 0 Å². The number of hydrogen-bond acceptors (Lipinski definition) is 1. The third-order valence-corrected chi connectivity index (χ3v) is 3.50. The Bertz CT molecular complexity index is 198. The van der Waals surface area contributed by atoms with Crippen molar-refractivity contribution >= 4 is 5.84 Å². The maximum absolute atomic E-state index is 5.87. The zero-order valence-electron chi connectivity index (χ0n) is 9.79. The van der Waals surface area contributed by atoms with Gasteiger partial charge < -0.3 is 5.73 Å². The van der Waals surface area contributed by atoms with Gasteiger partial charge in [-0.3, -0.25) is 4.99 Å². The van der Waals surface area contributed by atoms with Gasteiger partial charge in [0.15, 0.2) is 0 Å². The van der Waals surface area contributed by atoms with Crippen LogP contribution in [0.3, 0.4) is 0 Å². The Balaban J connectivity index is 2.53. The molecule has 2 N–H and O–H groups in total. The Labute approximate surface area is 88.0 Å². The van der Waals surface area contributed by atoms with Crippen LogP contribution in [0.1, 0.15) is 52.9 Å². The molecule has 1 rings (SSSR count). The Morgan fingerprint density at radius 2 is 2.07 bits per heavy atom. The molecule has 1 aliphatic carbocycles. The summed E-state index contributed by atoms with van der Waals surface area (Å²) in [5.41, 5.74) is 5.87. The molecule has 0 bridgehead atoms. The number of nitrogens with zero attached hydrogens (tertiary/aromatic N) is 1. The number of hydrogen-bond donors (Lipinski definition) is 1. The molecule has 3 atom stereocenters. The van der Waals surface area contributed by atoms with Crippen LogP contribution < -0.4 is 5.73 Å². The molecule has 0 saturated heterocycles. The lowest BCUT2D eigenvalue weighted by molar-refractivity contribution is 0.241. The van der Waals surface area contributed by atoms with Crippen molar-refractivity contribution in [2.45, 2.75) is 58.9 Å². The summed E-state index contributed by atoms with van der Waals surface area (Å²) in [5, 5.41) is 0. The first kappa shape index (κ1) is 11.5. The molecule has 82 valence electrons. The van der Waals surface area contributed by atoms with E-state index in [1.165, 1.54) is 19.3 Å². The molecule has 1 fully saturated rings. The predicted octanol–water partition coefficient (Wildman–Crippen LogP) is 2.97. The minimum atomic E-state index is 0.491. The molecular formula is C12H24N2. The number of nitrogens with two attached hydrogens (primary N) is 1. The van der Waals surface area contributed by atoms with Crippen molar-refractivity contribution < 1.29 is 0 Å². The van der Waals surface area contributed by atoms with E-state index in [-0.39, 0.29) is 0 Å². The highest BCUT2D eigenvalue weighted by Gasteiger charge is 2.26. The van der Waals surface area contributed by atoms with Crippen LogP contribution in [0.2, 0.25) is 0 Å². The van der Waals surface area contributed by atoms with Crippen molar-refractivity contribution in [1.29, 1.82) is 0 Å². The summed E-state index contributed by atoms with van der Waals surface area (Å²) < 4.78 is 0. The fourth-order valence-electron chi connectivity index (χ4n) is 2.27. The Kier molecular flexibility index (Phi) is 4.43. The Hall–Kier alpha value is -0.530. The van der Waals surface area contributed by atoms with Crippen LogP contribution in [0, 0.1) is 11.8 Å². The Morgan fingerprint density at radius 3 is 2.71 bits per heavy atom. The molecule has 14 heavy (non-hydrogen) atoms. The van der Waals surface area contributed by atoms with E-state index in [1.54, 1.807) is 0 Å². The molecule has 0 heterocycles. The molecule has 1 saturated carbocycles. The van der Waals surface area contributed by atoms with Crippen LogP contribution in [0.5, 0.6) is 0 Å². The summed E-state index contributed by atoms with van der Waals surface area (Å²) in [6, 6.07) is 0.491. The van der Waals surface area contributed by atoms with Gasteiger partial charge >= 0.3 is 0 Å². The van der Waals surface area contributed by atoms with E-state index in [0.29, 0.717) is 12.0 Å². The summed E-state index contributed by atoms with van der Waals surface area (Å²) in [7, 11) is 0. The molecule has 2 nitrogen and oxygen atoms in total. The number of amidine groups is 1. The second kappa shape index (κ2) is 5.38. The second-order valence-electron chi connectivity index (χ2n) is 4.71. The van der Waals surface area contributed by atoms with E-state index >= 15 is 0 Å². The molecule has 0 aromatic rings. The summed E-state index contributed by atoms with van der Waals surface area (Å²) in [6.07, 6.45) is 5.97. The largest absolute Gasteiger partial charge is 0.387 e. The molecule has 0 radical (unpaired) electrons. The van der Waals surface area contributed by atoms with E-state index in [0.717, 1.165) is 24.6 Å². The highest BCUT2D eigenvalue weighted by atomic mass is 14.9. The molecule has 0 amide bonds. The van der Waals surface area contributed by atoms with Gasteiger partial charge in [-0.2, -0.15) is 0 Å².